The Morgan fingerprint density at radius 2 is 1.79 bits per heavy atom. The van der Waals surface area contributed by atoms with Gasteiger partial charge in [-0.1, -0.05) is 43.7 Å². The summed E-state index contributed by atoms with van der Waals surface area (Å²) in [5.74, 6) is -1.07. The minimum absolute atomic E-state index is 0.0763. The van der Waals surface area contributed by atoms with Gasteiger partial charge < -0.3 is 4.74 Å². The highest BCUT2D eigenvalue weighted by Gasteiger charge is 2.35. The van der Waals surface area contributed by atoms with E-state index in [1.165, 1.54) is 4.31 Å². The number of unbranched alkanes of at least 4 members (excludes halogenated alkanes) is 1. The molecule has 0 N–H and O–H groups in total. The van der Waals surface area contributed by atoms with Crippen molar-refractivity contribution in [2.45, 2.75) is 31.6 Å². The van der Waals surface area contributed by atoms with Crippen molar-refractivity contribution in [3.05, 3.63) is 83.1 Å². The Kier molecular flexibility index (Phi) is 8.49. The molecule has 0 spiro atoms. The fourth-order valence-corrected chi connectivity index (χ4v) is 6.43. The Labute approximate surface area is 245 Å². The molecule has 0 saturated carbocycles. The van der Waals surface area contributed by atoms with Gasteiger partial charge in [-0.3, -0.25) is 14.5 Å². The molecule has 2 aliphatic rings. The summed E-state index contributed by atoms with van der Waals surface area (Å²) in [4.78, 5) is 27.8. The molecule has 2 aliphatic heterocycles. The van der Waals surface area contributed by atoms with Crippen molar-refractivity contribution in [3.8, 4) is 23.0 Å². The van der Waals surface area contributed by atoms with Gasteiger partial charge >= 0.3 is 0 Å². The molecule has 0 aliphatic carbocycles. The number of nitrogens with zero attached hydrogens (tertiary/aromatic N) is 5. The van der Waals surface area contributed by atoms with E-state index in [9.17, 15) is 23.3 Å². The van der Waals surface area contributed by atoms with Gasteiger partial charge in [-0.15, -0.1) is 0 Å². The molecule has 1 aromatic heterocycles. The quantitative estimate of drug-likeness (QED) is 0.289. The first kappa shape index (κ1) is 29.1. The maximum atomic E-state index is 13.6. The van der Waals surface area contributed by atoms with Crippen LogP contribution in [-0.2, 0) is 24.3 Å². The van der Waals surface area contributed by atoms with Gasteiger partial charge in [-0.2, -0.15) is 14.7 Å². The molecule has 1 saturated heterocycles. The van der Waals surface area contributed by atoms with E-state index in [0.29, 0.717) is 42.0 Å². The fourth-order valence-electron chi connectivity index (χ4n) is 4.97. The van der Waals surface area contributed by atoms with Gasteiger partial charge in [-0.05, 0) is 49.3 Å². The monoisotopic (exact) mass is 585 g/mol. The Hall–Kier alpha value is -4.37. The van der Waals surface area contributed by atoms with Crippen LogP contribution in [0.1, 0.15) is 32.3 Å². The molecule has 1 fully saturated rings. The Balaban J connectivity index is 1.65. The summed E-state index contributed by atoms with van der Waals surface area (Å²) < 4.78 is 35.2. The highest BCUT2D eigenvalue weighted by atomic mass is 32.2. The molecule has 11 heteroatoms. The normalized spacial score (nSPS) is 17.6. The maximum Gasteiger partial charge on any atom is 0.271 e. The molecule has 0 unspecified atom stereocenters. The van der Waals surface area contributed by atoms with Crippen LogP contribution in [0.5, 0.6) is 0 Å². The molecule has 0 atom stereocenters. The van der Waals surface area contributed by atoms with Gasteiger partial charge in [-0.25, -0.2) is 13.1 Å². The number of benzene rings is 2. The first-order valence-corrected chi connectivity index (χ1v) is 15.2. The number of para-hydroxylation sites is 1. The van der Waals surface area contributed by atoms with E-state index in [-0.39, 0.29) is 35.7 Å². The molecule has 42 heavy (non-hydrogen) atoms. The fraction of sp³-hybridized carbons (Fsp3) is 0.290. The summed E-state index contributed by atoms with van der Waals surface area (Å²) in [5.41, 5.74) is 2.71. The predicted molar refractivity (Wildman–Crippen MR) is 156 cm³/mol. The van der Waals surface area contributed by atoms with Crippen molar-refractivity contribution in [2.75, 3.05) is 32.8 Å². The summed E-state index contributed by atoms with van der Waals surface area (Å²) in [6.07, 6.45) is 4.77. The number of carbonyl (C=O) groups is 2. The molecule has 2 amide bonds. The van der Waals surface area contributed by atoms with Gasteiger partial charge in [0, 0.05) is 42.5 Å². The third kappa shape index (κ3) is 5.56. The van der Waals surface area contributed by atoms with E-state index in [2.05, 4.69) is 0 Å². The zero-order valence-electron chi connectivity index (χ0n) is 23.5. The van der Waals surface area contributed by atoms with Crippen LogP contribution < -0.4 is 0 Å². The van der Waals surface area contributed by atoms with Crippen molar-refractivity contribution >= 4 is 27.9 Å². The first-order chi connectivity index (χ1) is 20.3. The molecular weight excluding hydrogens is 554 g/mol. The van der Waals surface area contributed by atoms with Crippen LogP contribution in [0.3, 0.4) is 0 Å². The van der Waals surface area contributed by atoms with E-state index in [4.69, 9.17) is 9.84 Å². The second-order valence-electron chi connectivity index (χ2n) is 10.0. The van der Waals surface area contributed by atoms with Gasteiger partial charge in [0.15, 0.2) is 0 Å². The zero-order valence-corrected chi connectivity index (χ0v) is 24.3. The molecule has 216 valence electrons. The number of morpholine rings is 1. The first-order valence-electron chi connectivity index (χ1n) is 13.8. The van der Waals surface area contributed by atoms with E-state index in [0.717, 1.165) is 17.0 Å². The van der Waals surface area contributed by atoms with Gasteiger partial charge in [0.1, 0.15) is 17.3 Å². The Morgan fingerprint density at radius 1 is 1.05 bits per heavy atom. The highest BCUT2D eigenvalue weighted by Crippen LogP contribution is 2.32. The minimum Gasteiger partial charge on any atom is -0.379 e. The Bertz CT molecular complexity index is 1730. The highest BCUT2D eigenvalue weighted by molar-refractivity contribution is 7.89. The van der Waals surface area contributed by atoms with Crippen molar-refractivity contribution in [3.63, 3.8) is 0 Å². The van der Waals surface area contributed by atoms with Crippen LogP contribution in [0.2, 0.25) is 0 Å². The lowest BCUT2D eigenvalue weighted by Crippen LogP contribution is -2.43. The number of amides is 2. The summed E-state index contributed by atoms with van der Waals surface area (Å²) in [6, 6.07) is 17.9. The largest absolute Gasteiger partial charge is 0.379 e. The third-order valence-corrected chi connectivity index (χ3v) is 9.23. The van der Waals surface area contributed by atoms with Crippen molar-refractivity contribution < 1.29 is 22.7 Å². The molecule has 10 nitrogen and oxygen atoms in total. The number of hydrogen-bond donors (Lipinski definition) is 0. The van der Waals surface area contributed by atoms with Crippen LogP contribution in [0.15, 0.2) is 82.4 Å². The van der Waals surface area contributed by atoms with E-state index in [1.54, 1.807) is 48.1 Å². The molecule has 0 radical (unpaired) electrons. The number of rotatable bonds is 8. The zero-order chi connectivity index (χ0) is 29.9. The summed E-state index contributed by atoms with van der Waals surface area (Å²) in [7, 11) is -3.77. The van der Waals surface area contributed by atoms with Crippen LogP contribution >= 0.6 is 0 Å². The van der Waals surface area contributed by atoms with Crippen LogP contribution in [0.4, 0.5) is 0 Å². The number of aromatic nitrogens is 2. The average Bonchev–Trinajstić information content (AvgIpc) is 3.44. The topological polar surface area (TPSA) is 126 Å². The summed E-state index contributed by atoms with van der Waals surface area (Å²) in [6.45, 7) is 4.97. The molecule has 2 aromatic carbocycles. The molecule has 5 rings (SSSR count). The number of sulfonamides is 1. The molecular formula is C31H31N5O5S. The second kappa shape index (κ2) is 12.2. The van der Waals surface area contributed by atoms with Gasteiger partial charge in [0.25, 0.3) is 11.8 Å². The maximum absolute atomic E-state index is 13.6. The lowest BCUT2D eigenvalue weighted by molar-refractivity contribution is -0.140. The number of carbonyl (C=O) groups excluding carboxylic acids is 2. The number of nitriles is 1. The number of ether oxygens (including phenoxy) is 1. The smallest absolute Gasteiger partial charge is 0.271 e. The van der Waals surface area contributed by atoms with E-state index in [1.807, 2.05) is 43.3 Å². The lowest BCUT2D eigenvalue weighted by Gasteiger charge is -2.27. The molecule has 3 aromatic rings. The SMILES string of the molecule is CCCCN1C(=O)C(C#N)=C(C)/C(=C\c2cn(-c3ccccc3)nc2-c2cccc(S(=O)(=O)N3CCOCC3)c2)C1=O. The van der Waals surface area contributed by atoms with E-state index < -0.39 is 21.8 Å². The summed E-state index contributed by atoms with van der Waals surface area (Å²) in [5, 5.41) is 14.6. The minimum atomic E-state index is -3.77. The Morgan fingerprint density at radius 3 is 2.48 bits per heavy atom. The average molecular weight is 586 g/mol. The molecule has 0 bridgehead atoms. The van der Waals surface area contributed by atoms with Crippen LogP contribution in [0.25, 0.3) is 23.0 Å². The number of hydrogen-bond acceptors (Lipinski definition) is 7. The lowest BCUT2D eigenvalue weighted by atomic mass is 9.93. The van der Waals surface area contributed by atoms with Crippen molar-refractivity contribution in [2.24, 2.45) is 0 Å². The number of imide groups is 1. The molecule has 3 heterocycles. The van der Waals surface area contributed by atoms with E-state index >= 15 is 0 Å². The standard InChI is InChI=1S/C31H31N5O5S/c1-3-4-13-35-30(37)27(22(2)28(20-32)31(35)38)19-24-21-36(25-10-6-5-7-11-25)33-29(24)23-9-8-12-26(18-23)42(39,40)34-14-16-41-17-15-34/h5-12,18-19,21H,3-4,13-17H2,1-2H3/b27-19+. The van der Waals surface area contributed by atoms with Crippen LogP contribution in [0, 0.1) is 11.3 Å². The third-order valence-electron chi connectivity index (χ3n) is 7.34. The van der Waals surface area contributed by atoms with Gasteiger partial charge in [0.05, 0.1) is 23.8 Å². The van der Waals surface area contributed by atoms with Crippen LogP contribution in [-0.4, -0.2) is 72.1 Å². The van der Waals surface area contributed by atoms with Gasteiger partial charge in [0.2, 0.25) is 10.0 Å². The predicted octanol–water partition coefficient (Wildman–Crippen LogP) is 3.95. The van der Waals surface area contributed by atoms with Crippen molar-refractivity contribution in [1.82, 2.24) is 19.0 Å². The van der Waals surface area contributed by atoms with Crippen molar-refractivity contribution in [1.29, 1.82) is 5.26 Å². The summed E-state index contributed by atoms with van der Waals surface area (Å²) >= 11 is 0. The second-order valence-corrected chi connectivity index (χ2v) is 12.0.